The Bertz CT molecular complexity index is 690. The second-order valence-corrected chi connectivity index (χ2v) is 9.63. The molecule has 5 nitrogen and oxygen atoms in total. The van der Waals surface area contributed by atoms with Gasteiger partial charge in [0.05, 0.1) is 4.90 Å². The number of nitrogens with zero attached hydrogens (tertiary/aromatic N) is 1. The molecule has 0 spiro atoms. The van der Waals surface area contributed by atoms with Gasteiger partial charge in [0.15, 0.2) is 0 Å². The summed E-state index contributed by atoms with van der Waals surface area (Å²) >= 11 is 0. The van der Waals surface area contributed by atoms with E-state index < -0.39 is 16.1 Å². The van der Waals surface area contributed by atoms with E-state index in [0.717, 1.165) is 37.9 Å². The molecule has 0 radical (unpaired) electrons. The molecule has 0 aromatic heterocycles. The average molecular weight is 381 g/mol. The van der Waals surface area contributed by atoms with Crippen LogP contribution in [0.1, 0.15) is 64.9 Å². The molecule has 26 heavy (non-hydrogen) atoms. The largest absolute Gasteiger partial charge is 0.341 e. The highest BCUT2D eigenvalue weighted by Gasteiger charge is 2.30. The Morgan fingerprint density at radius 2 is 1.62 bits per heavy atom. The van der Waals surface area contributed by atoms with E-state index in [0.29, 0.717) is 12.3 Å². The van der Waals surface area contributed by atoms with E-state index in [2.05, 4.69) is 18.6 Å². The maximum absolute atomic E-state index is 12.9. The highest BCUT2D eigenvalue weighted by molar-refractivity contribution is 7.89. The molecule has 1 heterocycles. The highest BCUT2D eigenvalue weighted by atomic mass is 32.2. The lowest BCUT2D eigenvalue weighted by atomic mass is 10.0. The molecule has 2 rings (SSSR count). The lowest BCUT2D eigenvalue weighted by Gasteiger charge is -2.31. The predicted molar refractivity (Wildman–Crippen MR) is 105 cm³/mol. The van der Waals surface area contributed by atoms with Crippen LogP contribution in [0.2, 0.25) is 0 Å². The smallest absolute Gasteiger partial charge is 0.241 e. The molecule has 0 unspecified atom stereocenters. The summed E-state index contributed by atoms with van der Waals surface area (Å²) in [5.74, 6) is 0.467. The summed E-state index contributed by atoms with van der Waals surface area (Å²) in [5, 5.41) is 0. The van der Waals surface area contributed by atoms with Gasteiger partial charge >= 0.3 is 0 Å². The zero-order valence-electron chi connectivity index (χ0n) is 16.4. The normalized spacial score (nSPS) is 16.9. The zero-order valence-corrected chi connectivity index (χ0v) is 17.2. The standard InChI is InChI=1S/C20H32N2O3S/c1-15(2)14-19(20(23)22-12-6-5-7-13-22)21-26(24,25)18-10-8-17(9-11-18)16(3)4/h8-11,15-16,19,21H,5-7,12-14H2,1-4H3/t19-/m0/s1. The van der Waals surface area contributed by atoms with Crippen molar-refractivity contribution < 1.29 is 13.2 Å². The number of nitrogens with one attached hydrogen (secondary N) is 1. The van der Waals surface area contributed by atoms with Gasteiger partial charge in [-0.2, -0.15) is 4.72 Å². The maximum Gasteiger partial charge on any atom is 0.241 e. The first kappa shape index (κ1) is 20.9. The summed E-state index contributed by atoms with van der Waals surface area (Å²) in [6.45, 7) is 9.58. The average Bonchev–Trinajstić information content (AvgIpc) is 2.60. The number of rotatable bonds is 7. The van der Waals surface area contributed by atoms with Gasteiger partial charge in [-0.1, -0.05) is 39.8 Å². The lowest BCUT2D eigenvalue weighted by Crippen LogP contribution is -2.50. The van der Waals surface area contributed by atoms with Crippen LogP contribution in [0.4, 0.5) is 0 Å². The number of sulfonamides is 1. The molecule has 146 valence electrons. The van der Waals surface area contributed by atoms with Gasteiger partial charge < -0.3 is 4.90 Å². The number of benzene rings is 1. The van der Waals surface area contributed by atoms with E-state index >= 15 is 0 Å². The van der Waals surface area contributed by atoms with Crippen molar-refractivity contribution in [3.63, 3.8) is 0 Å². The van der Waals surface area contributed by atoms with Crippen LogP contribution in [0.5, 0.6) is 0 Å². The molecule has 1 atom stereocenters. The number of carbonyl (C=O) groups excluding carboxylic acids is 1. The summed E-state index contributed by atoms with van der Waals surface area (Å²) in [6.07, 6.45) is 3.61. The first-order valence-electron chi connectivity index (χ1n) is 9.62. The van der Waals surface area contributed by atoms with Crippen LogP contribution in [-0.2, 0) is 14.8 Å². The first-order valence-corrected chi connectivity index (χ1v) is 11.1. The molecule has 1 aromatic rings. The first-order chi connectivity index (χ1) is 12.2. The summed E-state index contributed by atoms with van der Waals surface area (Å²) in [6, 6.07) is 6.21. The topological polar surface area (TPSA) is 66.5 Å². The molecule has 6 heteroatoms. The fraction of sp³-hybridized carbons (Fsp3) is 0.650. The van der Waals surface area contributed by atoms with Crippen molar-refractivity contribution in [3.8, 4) is 0 Å². The highest BCUT2D eigenvalue weighted by Crippen LogP contribution is 2.19. The van der Waals surface area contributed by atoms with Gasteiger partial charge in [-0.3, -0.25) is 4.79 Å². The Morgan fingerprint density at radius 1 is 1.04 bits per heavy atom. The maximum atomic E-state index is 12.9. The van der Waals surface area contributed by atoms with Crippen molar-refractivity contribution in [2.75, 3.05) is 13.1 Å². The molecular weight excluding hydrogens is 348 g/mol. The van der Waals surface area contributed by atoms with Crippen molar-refractivity contribution in [3.05, 3.63) is 29.8 Å². The van der Waals surface area contributed by atoms with Crippen LogP contribution in [0.3, 0.4) is 0 Å². The van der Waals surface area contributed by atoms with Crippen molar-refractivity contribution >= 4 is 15.9 Å². The molecule has 1 fully saturated rings. The van der Waals surface area contributed by atoms with E-state index in [1.54, 1.807) is 17.0 Å². The summed E-state index contributed by atoms with van der Waals surface area (Å²) in [7, 11) is -3.73. The van der Waals surface area contributed by atoms with Crippen molar-refractivity contribution in [2.45, 2.75) is 70.2 Å². The molecule has 0 aliphatic carbocycles. The minimum absolute atomic E-state index is 0.0965. The zero-order chi connectivity index (χ0) is 19.3. The fourth-order valence-electron chi connectivity index (χ4n) is 3.29. The van der Waals surface area contributed by atoms with Gasteiger partial charge in [-0.15, -0.1) is 0 Å². The minimum atomic E-state index is -3.73. The number of hydrogen-bond acceptors (Lipinski definition) is 3. The Hall–Kier alpha value is -1.40. The second-order valence-electron chi connectivity index (χ2n) is 7.91. The van der Waals surface area contributed by atoms with E-state index in [4.69, 9.17) is 0 Å². The van der Waals surface area contributed by atoms with Crippen LogP contribution < -0.4 is 4.72 Å². The van der Waals surface area contributed by atoms with E-state index in [-0.39, 0.29) is 16.7 Å². The molecule has 1 aliphatic heterocycles. The van der Waals surface area contributed by atoms with Crippen LogP contribution in [0.15, 0.2) is 29.2 Å². The van der Waals surface area contributed by atoms with Gasteiger partial charge in [0.1, 0.15) is 6.04 Å². The monoisotopic (exact) mass is 380 g/mol. The molecule has 0 bridgehead atoms. The van der Waals surface area contributed by atoms with Crippen LogP contribution in [0, 0.1) is 5.92 Å². The van der Waals surface area contributed by atoms with Gasteiger partial charge in [-0.25, -0.2) is 8.42 Å². The van der Waals surface area contributed by atoms with Gasteiger partial charge in [0.2, 0.25) is 15.9 Å². The number of piperidine rings is 1. The molecule has 0 saturated carbocycles. The Balaban J connectivity index is 2.18. The van der Waals surface area contributed by atoms with E-state index in [9.17, 15) is 13.2 Å². The molecule has 1 aliphatic rings. The lowest BCUT2D eigenvalue weighted by molar-refractivity contribution is -0.134. The second kappa shape index (κ2) is 9.00. The molecule has 1 saturated heterocycles. The van der Waals surface area contributed by atoms with E-state index in [1.807, 2.05) is 26.0 Å². The number of likely N-dealkylation sites (tertiary alicyclic amines) is 1. The number of hydrogen-bond donors (Lipinski definition) is 1. The SMILES string of the molecule is CC(C)C[C@H](NS(=O)(=O)c1ccc(C(C)C)cc1)C(=O)N1CCCCC1. The summed E-state index contributed by atoms with van der Waals surface area (Å²) in [5.41, 5.74) is 1.09. The van der Waals surface area contributed by atoms with Crippen LogP contribution >= 0.6 is 0 Å². The minimum Gasteiger partial charge on any atom is -0.341 e. The summed E-state index contributed by atoms with van der Waals surface area (Å²) in [4.78, 5) is 14.9. The van der Waals surface area contributed by atoms with Gasteiger partial charge in [0.25, 0.3) is 0 Å². The third-order valence-electron chi connectivity index (χ3n) is 4.83. The molecular formula is C20H32N2O3S. The van der Waals surface area contributed by atoms with Crippen LogP contribution in [-0.4, -0.2) is 38.4 Å². The Morgan fingerprint density at radius 3 is 2.12 bits per heavy atom. The Labute approximate surface area is 158 Å². The fourth-order valence-corrected chi connectivity index (χ4v) is 4.49. The van der Waals surface area contributed by atoms with Crippen LogP contribution in [0.25, 0.3) is 0 Å². The third-order valence-corrected chi connectivity index (χ3v) is 6.32. The van der Waals surface area contributed by atoms with Crippen molar-refractivity contribution in [1.29, 1.82) is 0 Å². The number of amides is 1. The molecule has 1 N–H and O–H groups in total. The predicted octanol–water partition coefficient (Wildman–Crippen LogP) is 3.52. The van der Waals surface area contributed by atoms with Crippen molar-refractivity contribution in [2.24, 2.45) is 5.92 Å². The number of carbonyl (C=O) groups is 1. The van der Waals surface area contributed by atoms with Gasteiger partial charge in [0, 0.05) is 13.1 Å². The quantitative estimate of drug-likeness (QED) is 0.787. The Kier molecular flexibility index (Phi) is 7.24. The van der Waals surface area contributed by atoms with E-state index in [1.165, 1.54) is 0 Å². The molecule has 1 aromatic carbocycles. The third kappa shape index (κ3) is 5.55. The van der Waals surface area contributed by atoms with Crippen molar-refractivity contribution in [1.82, 2.24) is 9.62 Å². The van der Waals surface area contributed by atoms with Gasteiger partial charge in [-0.05, 0) is 55.2 Å². The summed E-state index contributed by atoms with van der Waals surface area (Å²) < 4.78 is 28.3. The molecule has 1 amide bonds.